The van der Waals surface area contributed by atoms with Crippen molar-refractivity contribution in [2.24, 2.45) is 5.73 Å². The Kier molecular flexibility index (Phi) is 8.57. The van der Waals surface area contributed by atoms with Crippen molar-refractivity contribution in [3.05, 3.63) is 71.7 Å². The summed E-state index contributed by atoms with van der Waals surface area (Å²) < 4.78 is 18.6. The van der Waals surface area contributed by atoms with Gasteiger partial charge in [0.05, 0.1) is 12.1 Å². The van der Waals surface area contributed by atoms with Crippen molar-refractivity contribution in [2.75, 3.05) is 20.2 Å². The van der Waals surface area contributed by atoms with Gasteiger partial charge in [-0.2, -0.15) is 5.10 Å². The van der Waals surface area contributed by atoms with Crippen LogP contribution in [-0.4, -0.2) is 47.1 Å². The smallest absolute Gasteiger partial charge is 0.260 e. The average molecular weight is 453 g/mol. The molecule has 0 aliphatic rings. The van der Waals surface area contributed by atoms with E-state index in [1.54, 1.807) is 48.3 Å². The molecule has 1 aromatic heterocycles. The second-order valence-corrected chi connectivity index (χ2v) is 7.99. The van der Waals surface area contributed by atoms with Gasteiger partial charge in [-0.15, -0.1) is 0 Å². The number of primary amides is 1. The lowest BCUT2D eigenvalue weighted by Crippen LogP contribution is -2.32. The van der Waals surface area contributed by atoms with E-state index in [0.29, 0.717) is 12.3 Å². The minimum atomic E-state index is -0.389. The van der Waals surface area contributed by atoms with Gasteiger partial charge in [0, 0.05) is 24.8 Å². The quantitative estimate of drug-likeness (QED) is 0.411. The van der Waals surface area contributed by atoms with E-state index >= 15 is 0 Å². The minimum absolute atomic E-state index is 0.0357. The molecule has 33 heavy (non-hydrogen) atoms. The molecule has 174 valence electrons. The predicted octanol–water partition coefficient (Wildman–Crippen LogP) is 3.49. The van der Waals surface area contributed by atoms with Crippen molar-refractivity contribution >= 4 is 11.8 Å². The van der Waals surface area contributed by atoms with Crippen molar-refractivity contribution in [2.45, 2.75) is 32.1 Å². The van der Waals surface area contributed by atoms with Crippen LogP contribution in [0.2, 0.25) is 0 Å². The van der Waals surface area contributed by atoms with Crippen LogP contribution in [0.5, 0.6) is 5.75 Å². The summed E-state index contributed by atoms with van der Waals surface area (Å²) in [4.78, 5) is 24.9. The van der Waals surface area contributed by atoms with E-state index < -0.39 is 0 Å². The Morgan fingerprint density at radius 3 is 2.48 bits per heavy atom. The summed E-state index contributed by atoms with van der Waals surface area (Å²) >= 11 is 0. The Hall–Kier alpha value is -3.68. The summed E-state index contributed by atoms with van der Waals surface area (Å²) in [6, 6.07) is 15.2. The van der Waals surface area contributed by atoms with Crippen molar-refractivity contribution in [3.8, 4) is 17.0 Å². The van der Waals surface area contributed by atoms with Crippen LogP contribution in [0.1, 0.15) is 30.5 Å². The van der Waals surface area contributed by atoms with Crippen molar-refractivity contribution in [3.63, 3.8) is 0 Å². The molecule has 0 bridgehead atoms. The molecule has 2 amide bonds. The number of aromatic nitrogens is 2. The summed E-state index contributed by atoms with van der Waals surface area (Å²) in [5, 5.41) is 7.33. The van der Waals surface area contributed by atoms with Crippen LogP contribution in [0.4, 0.5) is 4.39 Å². The van der Waals surface area contributed by atoms with E-state index in [0.717, 1.165) is 48.2 Å². The average Bonchev–Trinajstić information content (AvgIpc) is 3.27. The SMILES string of the molecule is CN(CCCCCc1cc(-c2ccc(F)cc2)n[nH]1)C(=O)COc1ccc(CC(N)=O)cc1. The number of nitrogens with two attached hydrogens (primary N) is 1. The third-order valence-electron chi connectivity index (χ3n) is 5.30. The maximum atomic E-state index is 13.0. The summed E-state index contributed by atoms with van der Waals surface area (Å²) in [7, 11) is 1.77. The number of rotatable bonds is 12. The van der Waals surface area contributed by atoms with Gasteiger partial charge in [-0.05, 0) is 67.3 Å². The lowest BCUT2D eigenvalue weighted by Gasteiger charge is -2.17. The number of carbonyl (C=O) groups is 2. The molecule has 0 saturated heterocycles. The van der Waals surface area contributed by atoms with Gasteiger partial charge in [-0.1, -0.05) is 18.6 Å². The molecule has 3 rings (SSSR count). The molecule has 0 aliphatic carbocycles. The number of H-pyrrole nitrogens is 1. The largest absolute Gasteiger partial charge is 0.484 e. The number of amides is 2. The first-order valence-corrected chi connectivity index (χ1v) is 10.9. The maximum absolute atomic E-state index is 13.0. The predicted molar refractivity (Wildman–Crippen MR) is 124 cm³/mol. The molecular formula is C25H29FN4O3. The van der Waals surface area contributed by atoms with Gasteiger partial charge in [-0.25, -0.2) is 4.39 Å². The standard InChI is InChI=1S/C25H29FN4O3/c1-30(25(32)17-33-22-12-6-18(7-13-22)15-24(27)31)14-4-2-3-5-21-16-23(29-28-21)19-8-10-20(26)11-9-19/h6-13,16H,2-5,14-15,17H2,1H3,(H2,27,31)(H,28,29). The van der Waals surface area contributed by atoms with E-state index in [4.69, 9.17) is 10.5 Å². The summed E-state index contributed by atoms with van der Waals surface area (Å²) in [6.45, 7) is 0.621. The molecule has 8 heteroatoms. The zero-order chi connectivity index (χ0) is 23.6. The highest BCUT2D eigenvalue weighted by Gasteiger charge is 2.10. The number of aryl methyl sites for hydroxylation is 1. The minimum Gasteiger partial charge on any atom is -0.484 e. The fourth-order valence-electron chi connectivity index (χ4n) is 3.38. The van der Waals surface area contributed by atoms with Gasteiger partial charge >= 0.3 is 0 Å². The van der Waals surface area contributed by atoms with Crippen LogP contribution < -0.4 is 10.5 Å². The molecule has 7 nitrogen and oxygen atoms in total. The third-order valence-corrected chi connectivity index (χ3v) is 5.30. The van der Waals surface area contributed by atoms with Gasteiger partial charge in [0.1, 0.15) is 11.6 Å². The molecule has 0 saturated carbocycles. The number of halogens is 1. The number of nitrogens with one attached hydrogen (secondary N) is 1. The van der Waals surface area contributed by atoms with Gasteiger partial charge in [0.2, 0.25) is 5.91 Å². The van der Waals surface area contributed by atoms with Gasteiger partial charge < -0.3 is 15.4 Å². The van der Waals surface area contributed by atoms with Crippen LogP contribution in [0.25, 0.3) is 11.3 Å². The molecule has 0 spiro atoms. The number of carbonyl (C=O) groups excluding carboxylic acids is 2. The number of nitrogens with zero attached hydrogens (tertiary/aromatic N) is 2. The van der Waals surface area contributed by atoms with Gasteiger partial charge in [0.15, 0.2) is 6.61 Å². The number of benzene rings is 2. The van der Waals surface area contributed by atoms with Crippen LogP contribution in [0.3, 0.4) is 0 Å². The second-order valence-electron chi connectivity index (χ2n) is 7.99. The van der Waals surface area contributed by atoms with Crippen LogP contribution in [0, 0.1) is 5.82 Å². The second kappa shape index (κ2) is 11.8. The molecule has 0 aliphatic heterocycles. The number of ether oxygens (including phenoxy) is 1. The highest BCUT2D eigenvalue weighted by Crippen LogP contribution is 2.19. The van der Waals surface area contributed by atoms with Crippen molar-refractivity contribution in [1.82, 2.24) is 15.1 Å². The first-order valence-electron chi connectivity index (χ1n) is 10.9. The summed E-state index contributed by atoms with van der Waals surface area (Å²) in [6.07, 6.45) is 3.88. The Morgan fingerprint density at radius 1 is 1.06 bits per heavy atom. The molecule has 3 aromatic rings. The Labute approximate surface area is 192 Å². The Morgan fingerprint density at radius 2 is 1.79 bits per heavy atom. The number of hydrogen-bond acceptors (Lipinski definition) is 4. The molecule has 0 fully saturated rings. The Balaban J connectivity index is 1.31. The molecule has 0 radical (unpaired) electrons. The molecule has 2 aromatic carbocycles. The topological polar surface area (TPSA) is 101 Å². The first-order chi connectivity index (χ1) is 15.9. The maximum Gasteiger partial charge on any atom is 0.260 e. The number of likely N-dealkylation sites (N-methyl/N-ethyl adjacent to an activating group) is 1. The van der Waals surface area contributed by atoms with E-state index in [-0.39, 0.29) is 30.7 Å². The van der Waals surface area contributed by atoms with E-state index in [1.165, 1.54) is 12.1 Å². The molecule has 3 N–H and O–H groups in total. The normalized spacial score (nSPS) is 10.7. The molecule has 1 heterocycles. The van der Waals surface area contributed by atoms with E-state index in [9.17, 15) is 14.0 Å². The molecule has 0 unspecified atom stereocenters. The zero-order valence-electron chi connectivity index (χ0n) is 18.7. The molecule has 0 atom stereocenters. The van der Waals surface area contributed by atoms with Gasteiger partial charge in [0.25, 0.3) is 5.91 Å². The monoisotopic (exact) mass is 452 g/mol. The summed E-state index contributed by atoms with van der Waals surface area (Å²) in [5.74, 6) is -0.168. The highest BCUT2D eigenvalue weighted by molar-refractivity contribution is 5.77. The van der Waals surface area contributed by atoms with Crippen LogP contribution in [-0.2, 0) is 22.4 Å². The van der Waals surface area contributed by atoms with Crippen molar-refractivity contribution in [1.29, 1.82) is 0 Å². The van der Waals surface area contributed by atoms with Gasteiger partial charge in [-0.3, -0.25) is 14.7 Å². The van der Waals surface area contributed by atoms with E-state index in [2.05, 4.69) is 10.2 Å². The number of hydrogen-bond donors (Lipinski definition) is 2. The molecular weight excluding hydrogens is 423 g/mol. The van der Waals surface area contributed by atoms with Crippen LogP contribution >= 0.6 is 0 Å². The first kappa shape index (κ1) is 24.0. The summed E-state index contributed by atoms with van der Waals surface area (Å²) in [5.41, 5.74) is 8.70. The van der Waals surface area contributed by atoms with E-state index in [1.807, 2.05) is 6.07 Å². The zero-order valence-corrected chi connectivity index (χ0v) is 18.7. The van der Waals surface area contributed by atoms with Crippen molar-refractivity contribution < 1.29 is 18.7 Å². The Bertz CT molecular complexity index is 1050. The fourth-order valence-corrected chi connectivity index (χ4v) is 3.38. The lowest BCUT2D eigenvalue weighted by atomic mass is 10.1. The van der Waals surface area contributed by atoms with Crippen LogP contribution in [0.15, 0.2) is 54.6 Å². The highest BCUT2D eigenvalue weighted by atomic mass is 19.1. The number of aromatic amines is 1. The number of unbranched alkanes of at least 4 members (excludes halogenated alkanes) is 2. The fraction of sp³-hybridized carbons (Fsp3) is 0.320. The third kappa shape index (κ3) is 7.75. The lowest BCUT2D eigenvalue weighted by molar-refractivity contribution is -0.132.